The molecule has 0 atom stereocenters. The fourth-order valence-corrected chi connectivity index (χ4v) is 2.42. The van der Waals surface area contributed by atoms with Gasteiger partial charge < -0.3 is 24.7 Å². The molecule has 0 spiro atoms. The van der Waals surface area contributed by atoms with E-state index in [2.05, 4.69) is 24.9 Å². The highest BCUT2D eigenvalue weighted by Crippen LogP contribution is 2.33. The van der Waals surface area contributed by atoms with E-state index in [9.17, 15) is 4.79 Å². The van der Waals surface area contributed by atoms with E-state index in [-0.39, 0.29) is 0 Å². The molecule has 116 valence electrons. The minimum Gasteiger partial charge on any atom is -0.490 e. The lowest BCUT2D eigenvalue weighted by Gasteiger charge is -2.31. The van der Waals surface area contributed by atoms with Crippen LogP contribution in [-0.2, 0) is 17.8 Å². The summed E-state index contributed by atoms with van der Waals surface area (Å²) in [5.74, 6) is 0.854. The molecule has 3 rings (SSSR count). The summed E-state index contributed by atoms with van der Waals surface area (Å²) in [7, 11) is 1.35. The molecular weight excluding hydrogens is 284 g/mol. The van der Waals surface area contributed by atoms with Crippen molar-refractivity contribution in [3.8, 4) is 5.75 Å². The van der Waals surface area contributed by atoms with Crippen LogP contribution in [0.3, 0.4) is 0 Å². The van der Waals surface area contributed by atoms with Gasteiger partial charge in [-0.1, -0.05) is 6.07 Å². The molecule has 0 bridgehead atoms. The van der Waals surface area contributed by atoms with E-state index in [1.165, 1.54) is 7.11 Å². The van der Waals surface area contributed by atoms with E-state index in [1.54, 1.807) is 6.33 Å². The number of alkyl carbamates (subject to hydrolysis) is 1. The van der Waals surface area contributed by atoms with Gasteiger partial charge in [-0.3, -0.25) is 0 Å². The van der Waals surface area contributed by atoms with Crippen LogP contribution in [0.25, 0.3) is 0 Å². The quantitative estimate of drug-likeness (QED) is 0.898. The van der Waals surface area contributed by atoms with Gasteiger partial charge in [-0.15, -0.1) is 0 Å². The summed E-state index contributed by atoms with van der Waals surface area (Å²) in [6, 6.07) is 5.90. The van der Waals surface area contributed by atoms with Gasteiger partial charge in [0.05, 0.1) is 37.9 Å². The summed E-state index contributed by atoms with van der Waals surface area (Å²) in [5.41, 5.74) is 3.06. The molecule has 2 aromatic rings. The van der Waals surface area contributed by atoms with E-state index in [4.69, 9.17) is 4.74 Å². The third kappa shape index (κ3) is 3.13. The largest absolute Gasteiger partial charge is 0.490 e. The van der Waals surface area contributed by atoms with Crippen molar-refractivity contribution in [3.05, 3.63) is 42.0 Å². The number of imidazole rings is 1. The van der Waals surface area contributed by atoms with Crippen LogP contribution in [0.15, 0.2) is 30.7 Å². The van der Waals surface area contributed by atoms with Crippen molar-refractivity contribution in [2.45, 2.75) is 13.1 Å². The molecule has 1 aromatic carbocycles. The topological polar surface area (TPSA) is 79.5 Å². The number of carbonyl (C=O) groups is 1. The Hall–Kier alpha value is -2.70. The first kappa shape index (κ1) is 14.2. The number of rotatable bonds is 4. The number of fused-ring (bicyclic) bond motifs is 1. The second-order valence-corrected chi connectivity index (χ2v) is 4.99. The minimum atomic E-state index is -0.441. The summed E-state index contributed by atoms with van der Waals surface area (Å²) in [5, 5.41) is 2.68. The fourth-order valence-electron chi connectivity index (χ4n) is 2.42. The molecule has 0 saturated carbocycles. The number of benzene rings is 1. The molecule has 7 nitrogen and oxygen atoms in total. The first-order valence-electron chi connectivity index (χ1n) is 7.06. The Morgan fingerprint density at radius 2 is 2.45 bits per heavy atom. The number of amides is 1. The van der Waals surface area contributed by atoms with Gasteiger partial charge in [-0.05, 0) is 17.7 Å². The highest BCUT2D eigenvalue weighted by Gasteiger charge is 2.19. The molecule has 1 aliphatic rings. The number of hydrogen-bond acceptors (Lipinski definition) is 5. The Balaban J connectivity index is 1.77. The maximum absolute atomic E-state index is 11.2. The molecule has 1 amide bonds. The normalized spacial score (nSPS) is 13.2. The maximum Gasteiger partial charge on any atom is 0.407 e. The number of nitrogens with one attached hydrogen (secondary N) is 2. The number of H-pyrrole nitrogens is 1. The number of ether oxygens (including phenoxy) is 2. The van der Waals surface area contributed by atoms with Crippen molar-refractivity contribution < 1.29 is 14.3 Å². The van der Waals surface area contributed by atoms with Crippen molar-refractivity contribution in [3.63, 3.8) is 0 Å². The average molecular weight is 302 g/mol. The first-order valence-corrected chi connectivity index (χ1v) is 7.06. The second kappa shape index (κ2) is 6.38. The molecule has 2 N–H and O–H groups in total. The van der Waals surface area contributed by atoms with Crippen LogP contribution >= 0.6 is 0 Å². The molecule has 0 radical (unpaired) electrons. The standard InChI is InChI=1S/C15H18N4O3/c1-21-15(20)17-7-11-2-3-14-13(6-11)19(4-5-22-14)9-12-8-16-10-18-12/h2-3,6,8,10H,4-5,7,9H2,1H3,(H,16,18)(H,17,20). The van der Waals surface area contributed by atoms with E-state index in [1.807, 2.05) is 24.4 Å². The highest BCUT2D eigenvalue weighted by molar-refractivity contribution is 5.67. The Morgan fingerprint density at radius 1 is 1.55 bits per heavy atom. The van der Waals surface area contributed by atoms with Crippen LogP contribution in [0.2, 0.25) is 0 Å². The molecule has 1 aliphatic heterocycles. The van der Waals surface area contributed by atoms with Crippen molar-refractivity contribution in [2.24, 2.45) is 0 Å². The molecule has 0 fully saturated rings. The van der Waals surface area contributed by atoms with Gasteiger partial charge >= 0.3 is 6.09 Å². The SMILES string of the molecule is COC(=O)NCc1ccc2c(c1)N(Cc1cnc[nH]1)CCO2. The average Bonchev–Trinajstić information content (AvgIpc) is 3.06. The fraction of sp³-hybridized carbons (Fsp3) is 0.333. The summed E-state index contributed by atoms with van der Waals surface area (Å²) >= 11 is 0. The lowest BCUT2D eigenvalue weighted by Crippen LogP contribution is -2.32. The van der Waals surface area contributed by atoms with Gasteiger partial charge in [0.15, 0.2) is 0 Å². The van der Waals surface area contributed by atoms with E-state index in [0.717, 1.165) is 35.8 Å². The molecule has 7 heteroatoms. The lowest BCUT2D eigenvalue weighted by atomic mass is 10.1. The van der Waals surface area contributed by atoms with Crippen molar-refractivity contribution in [2.75, 3.05) is 25.2 Å². The molecule has 0 aliphatic carbocycles. The van der Waals surface area contributed by atoms with Crippen LogP contribution in [0.1, 0.15) is 11.3 Å². The van der Waals surface area contributed by atoms with Crippen molar-refractivity contribution in [1.29, 1.82) is 0 Å². The Morgan fingerprint density at radius 3 is 3.23 bits per heavy atom. The Bertz CT molecular complexity index is 642. The Labute approximate surface area is 128 Å². The van der Waals surface area contributed by atoms with Gasteiger partial charge in [-0.2, -0.15) is 0 Å². The van der Waals surface area contributed by atoms with E-state index >= 15 is 0 Å². The molecule has 22 heavy (non-hydrogen) atoms. The van der Waals surface area contributed by atoms with Gasteiger partial charge in [0.1, 0.15) is 12.4 Å². The lowest BCUT2D eigenvalue weighted by molar-refractivity contribution is 0.170. The first-order chi connectivity index (χ1) is 10.8. The predicted octanol–water partition coefficient (Wildman–Crippen LogP) is 1.66. The molecular formula is C15H18N4O3. The molecule has 0 unspecified atom stereocenters. The van der Waals surface area contributed by atoms with Crippen LogP contribution in [-0.4, -0.2) is 36.3 Å². The molecule has 0 saturated heterocycles. The van der Waals surface area contributed by atoms with E-state index in [0.29, 0.717) is 13.2 Å². The van der Waals surface area contributed by atoms with Crippen molar-refractivity contribution in [1.82, 2.24) is 15.3 Å². The second-order valence-electron chi connectivity index (χ2n) is 4.99. The van der Waals surface area contributed by atoms with E-state index < -0.39 is 6.09 Å². The zero-order valence-electron chi connectivity index (χ0n) is 12.3. The number of aromatic nitrogens is 2. The zero-order valence-corrected chi connectivity index (χ0v) is 12.3. The number of carbonyl (C=O) groups excluding carboxylic acids is 1. The van der Waals surface area contributed by atoms with Crippen LogP contribution < -0.4 is 15.0 Å². The maximum atomic E-state index is 11.2. The number of methoxy groups -OCH3 is 1. The Kier molecular flexibility index (Phi) is 4.13. The number of hydrogen-bond donors (Lipinski definition) is 2. The van der Waals surface area contributed by atoms with Gasteiger partial charge in [0, 0.05) is 12.7 Å². The summed E-state index contributed by atoms with van der Waals surface area (Å²) in [4.78, 5) is 20.6. The smallest absolute Gasteiger partial charge is 0.407 e. The minimum absolute atomic E-state index is 0.415. The number of nitrogens with zero attached hydrogens (tertiary/aromatic N) is 2. The highest BCUT2D eigenvalue weighted by atomic mass is 16.5. The third-order valence-electron chi connectivity index (χ3n) is 3.52. The van der Waals surface area contributed by atoms with Gasteiger partial charge in [0.2, 0.25) is 0 Å². The summed E-state index contributed by atoms with van der Waals surface area (Å²) < 4.78 is 10.3. The number of aromatic amines is 1. The van der Waals surface area contributed by atoms with Crippen LogP contribution in [0.4, 0.5) is 10.5 Å². The summed E-state index contributed by atoms with van der Waals surface area (Å²) in [6.07, 6.45) is 3.05. The molecule has 2 heterocycles. The van der Waals surface area contributed by atoms with Crippen LogP contribution in [0.5, 0.6) is 5.75 Å². The predicted molar refractivity (Wildman–Crippen MR) is 80.8 cm³/mol. The number of anilines is 1. The zero-order chi connectivity index (χ0) is 15.4. The van der Waals surface area contributed by atoms with Crippen LogP contribution in [0, 0.1) is 0 Å². The summed E-state index contributed by atoms with van der Waals surface area (Å²) in [6.45, 7) is 2.61. The molecule has 1 aromatic heterocycles. The van der Waals surface area contributed by atoms with Gasteiger partial charge in [0.25, 0.3) is 0 Å². The third-order valence-corrected chi connectivity index (χ3v) is 3.52. The van der Waals surface area contributed by atoms with Crippen molar-refractivity contribution >= 4 is 11.8 Å². The van der Waals surface area contributed by atoms with Gasteiger partial charge in [-0.25, -0.2) is 9.78 Å². The monoisotopic (exact) mass is 302 g/mol.